The van der Waals surface area contributed by atoms with Crippen molar-refractivity contribution in [3.05, 3.63) is 58.4 Å². The van der Waals surface area contributed by atoms with Gasteiger partial charge >= 0.3 is 0 Å². The van der Waals surface area contributed by atoms with Gasteiger partial charge in [0.1, 0.15) is 12.6 Å². The van der Waals surface area contributed by atoms with Crippen molar-refractivity contribution in [1.29, 1.82) is 0 Å². The molecule has 3 amide bonds. The number of nitrogens with two attached hydrogens (primary N) is 1. The molecular formula is C21H19BrFN5O3. The van der Waals surface area contributed by atoms with Crippen LogP contribution in [0.1, 0.15) is 23.3 Å². The van der Waals surface area contributed by atoms with E-state index in [2.05, 4.69) is 26.3 Å². The molecule has 10 heteroatoms. The molecule has 1 saturated heterocycles. The van der Waals surface area contributed by atoms with E-state index in [4.69, 9.17) is 5.73 Å². The molecule has 3 aromatic rings. The van der Waals surface area contributed by atoms with Crippen molar-refractivity contribution < 1.29 is 18.8 Å². The van der Waals surface area contributed by atoms with Crippen molar-refractivity contribution >= 4 is 50.2 Å². The lowest BCUT2D eigenvalue weighted by Gasteiger charge is -2.24. The third-order valence-corrected chi connectivity index (χ3v) is 5.87. The number of rotatable bonds is 5. The Morgan fingerprint density at radius 2 is 1.97 bits per heavy atom. The molecule has 0 unspecified atom stereocenters. The lowest BCUT2D eigenvalue weighted by Crippen LogP contribution is -2.44. The van der Waals surface area contributed by atoms with Gasteiger partial charge in [0.2, 0.25) is 11.8 Å². The summed E-state index contributed by atoms with van der Waals surface area (Å²) in [5, 5.41) is 7.33. The summed E-state index contributed by atoms with van der Waals surface area (Å²) in [4.78, 5) is 39.0. The van der Waals surface area contributed by atoms with Crippen molar-refractivity contribution in [2.24, 2.45) is 5.73 Å². The molecule has 0 aliphatic carbocycles. The van der Waals surface area contributed by atoms with Gasteiger partial charge in [0.25, 0.3) is 5.91 Å². The molecule has 0 spiro atoms. The summed E-state index contributed by atoms with van der Waals surface area (Å²) >= 11 is 3.09. The van der Waals surface area contributed by atoms with Gasteiger partial charge in [-0.1, -0.05) is 24.3 Å². The number of hydrogen-bond acceptors (Lipinski definition) is 4. The molecule has 8 nitrogen and oxygen atoms in total. The zero-order chi connectivity index (χ0) is 22.1. The van der Waals surface area contributed by atoms with E-state index in [-0.39, 0.29) is 28.3 Å². The average Bonchev–Trinajstić information content (AvgIpc) is 3.37. The summed E-state index contributed by atoms with van der Waals surface area (Å²) in [6, 6.07) is 10.9. The zero-order valence-corrected chi connectivity index (χ0v) is 17.9. The number of amides is 3. The summed E-state index contributed by atoms with van der Waals surface area (Å²) in [6.45, 7) is 0.253. The summed E-state index contributed by atoms with van der Waals surface area (Å²) in [7, 11) is 0. The fraction of sp³-hybridized carbons (Fsp3) is 0.238. The number of para-hydroxylation sites is 1. The third kappa shape index (κ3) is 4.02. The predicted molar refractivity (Wildman–Crippen MR) is 116 cm³/mol. The Labute approximate surface area is 185 Å². The Bertz CT molecular complexity index is 1190. The molecule has 2 heterocycles. The van der Waals surface area contributed by atoms with Gasteiger partial charge in [0, 0.05) is 11.9 Å². The maximum absolute atomic E-state index is 14.2. The zero-order valence-electron chi connectivity index (χ0n) is 16.3. The highest BCUT2D eigenvalue weighted by molar-refractivity contribution is 9.10. The van der Waals surface area contributed by atoms with Crippen LogP contribution in [0.5, 0.6) is 0 Å². The minimum absolute atomic E-state index is 0.0443. The second-order valence-corrected chi connectivity index (χ2v) is 8.08. The van der Waals surface area contributed by atoms with E-state index in [0.29, 0.717) is 30.3 Å². The average molecular weight is 488 g/mol. The summed E-state index contributed by atoms with van der Waals surface area (Å²) < 4.78 is 15.9. The molecule has 160 valence electrons. The van der Waals surface area contributed by atoms with E-state index in [9.17, 15) is 18.8 Å². The second kappa shape index (κ2) is 8.46. The standard InChI is InChI=1S/C21H19BrFN5O3/c22-13-6-3-7-14(18(13)23)25-21(31)16-9-4-10-27(16)17(29)11-28-15-8-2-1-5-12(15)19(26-28)20(24)30/h1-3,5-8,16H,4,9-11H2,(H2,24,30)(H,25,31)/t16-/m0/s1. The number of aromatic nitrogens is 2. The molecular weight excluding hydrogens is 469 g/mol. The smallest absolute Gasteiger partial charge is 0.269 e. The first-order valence-electron chi connectivity index (χ1n) is 9.66. The van der Waals surface area contributed by atoms with Crippen LogP contribution in [-0.4, -0.2) is 45.0 Å². The van der Waals surface area contributed by atoms with Crippen LogP contribution in [0.25, 0.3) is 10.9 Å². The highest BCUT2D eigenvalue weighted by Gasteiger charge is 2.35. The highest BCUT2D eigenvalue weighted by atomic mass is 79.9. The van der Waals surface area contributed by atoms with E-state index in [0.717, 1.165) is 0 Å². The fourth-order valence-corrected chi connectivity index (χ4v) is 4.17. The molecule has 4 rings (SSSR count). The first-order valence-corrected chi connectivity index (χ1v) is 10.5. The van der Waals surface area contributed by atoms with Crippen LogP contribution in [0.3, 0.4) is 0 Å². The summed E-state index contributed by atoms with van der Waals surface area (Å²) in [5.74, 6) is -2.03. The van der Waals surface area contributed by atoms with Gasteiger partial charge in [0.05, 0.1) is 15.7 Å². The van der Waals surface area contributed by atoms with Gasteiger partial charge in [-0.3, -0.25) is 19.1 Å². The van der Waals surface area contributed by atoms with Gasteiger partial charge in [-0.2, -0.15) is 5.10 Å². The lowest BCUT2D eigenvalue weighted by atomic mass is 10.2. The number of fused-ring (bicyclic) bond motifs is 1. The second-order valence-electron chi connectivity index (χ2n) is 7.22. The van der Waals surface area contributed by atoms with E-state index in [1.54, 1.807) is 30.3 Å². The number of nitrogens with zero attached hydrogens (tertiary/aromatic N) is 3. The molecule has 1 atom stereocenters. The first-order chi connectivity index (χ1) is 14.9. The van der Waals surface area contributed by atoms with Gasteiger partial charge in [-0.25, -0.2) is 4.39 Å². The Balaban J connectivity index is 1.53. The van der Waals surface area contributed by atoms with Crippen LogP contribution in [0.15, 0.2) is 46.9 Å². The molecule has 1 aliphatic heterocycles. The number of nitrogens with one attached hydrogen (secondary N) is 1. The van der Waals surface area contributed by atoms with Crippen LogP contribution in [0, 0.1) is 5.82 Å². The molecule has 1 fully saturated rings. The van der Waals surface area contributed by atoms with E-state index < -0.39 is 23.7 Å². The number of benzene rings is 2. The maximum atomic E-state index is 14.2. The SMILES string of the molecule is NC(=O)c1nn(CC(=O)N2CCC[C@H]2C(=O)Nc2cccc(Br)c2F)c2ccccc12. The highest BCUT2D eigenvalue weighted by Crippen LogP contribution is 2.25. The number of primary amides is 1. The summed E-state index contributed by atoms with van der Waals surface area (Å²) in [6.07, 6.45) is 1.12. The summed E-state index contributed by atoms with van der Waals surface area (Å²) in [5.41, 5.74) is 6.14. The fourth-order valence-electron chi connectivity index (χ4n) is 3.80. The maximum Gasteiger partial charge on any atom is 0.269 e. The van der Waals surface area contributed by atoms with Crippen LogP contribution >= 0.6 is 15.9 Å². The Kier molecular flexibility index (Phi) is 5.73. The van der Waals surface area contributed by atoms with Crippen molar-refractivity contribution in [1.82, 2.24) is 14.7 Å². The lowest BCUT2D eigenvalue weighted by molar-refractivity contribution is -0.137. The van der Waals surface area contributed by atoms with Crippen molar-refractivity contribution in [3.8, 4) is 0 Å². The molecule has 0 saturated carbocycles. The number of halogens is 2. The Hall–Kier alpha value is -3.27. The quantitative estimate of drug-likeness (QED) is 0.576. The van der Waals surface area contributed by atoms with Crippen molar-refractivity contribution in [3.63, 3.8) is 0 Å². The number of carbonyl (C=O) groups excluding carboxylic acids is 3. The van der Waals surface area contributed by atoms with Gasteiger partial charge in [0.15, 0.2) is 11.5 Å². The normalized spacial score (nSPS) is 15.9. The molecule has 3 N–H and O–H groups in total. The van der Waals surface area contributed by atoms with Gasteiger partial charge in [-0.05, 0) is 47.0 Å². The Morgan fingerprint density at radius 3 is 2.74 bits per heavy atom. The minimum Gasteiger partial charge on any atom is -0.364 e. The van der Waals surface area contributed by atoms with Crippen molar-refractivity contribution in [2.45, 2.75) is 25.4 Å². The topological polar surface area (TPSA) is 110 Å². The van der Waals surface area contributed by atoms with Crippen LogP contribution in [-0.2, 0) is 16.1 Å². The molecule has 1 aliphatic rings. The number of carbonyl (C=O) groups is 3. The van der Waals surface area contributed by atoms with E-state index in [1.165, 1.54) is 21.7 Å². The molecule has 31 heavy (non-hydrogen) atoms. The Morgan fingerprint density at radius 1 is 1.19 bits per heavy atom. The minimum atomic E-state index is -0.719. The van der Waals surface area contributed by atoms with Crippen LogP contribution in [0.2, 0.25) is 0 Å². The molecule has 0 radical (unpaired) electrons. The number of anilines is 1. The third-order valence-electron chi connectivity index (χ3n) is 5.26. The van der Waals surface area contributed by atoms with Gasteiger partial charge in [-0.15, -0.1) is 0 Å². The van der Waals surface area contributed by atoms with E-state index in [1.807, 2.05) is 0 Å². The molecule has 2 aromatic carbocycles. The monoisotopic (exact) mass is 487 g/mol. The predicted octanol–water partition coefficient (Wildman–Crippen LogP) is 2.67. The molecule has 0 bridgehead atoms. The van der Waals surface area contributed by atoms with Crippen LogP contribution in [0.4, 0.5) is 10.1 Å². The largest absolute Gasteiger partial charge is 0.364 e. The van der Waals surface area contributed by atoms with Crippen LogP contribution < -0.4 is 11.1 Å². The van der Waals surface area contributed by atoms with Gasteiger partial charge < -0.3 is 16.0 Å². The molecule has 1 aromatic heterocycles. The number of likely N-dealkylation sites (tertiary alicyclic amines) is 1. The van der Waals surface area contributed by atoms with E-state index >= 15 is 0 Å². The van der Waals surface area contributed by atoms with Crippen molar-refractivity contribution in [2.75, 3.05) is 11.9 Å². The number of hydrogen-bond donors (Lipinski definition) is 2. The first kappa shape index (κ1) is 21.0.